The molecule has 0 saturated heterocycles. The fraction of sp³-hybridized carbons (Fsp3) is 0.833. The van der Waals surface area contributed by atoms with Crippen molar-refractivity contribution in [2.24, 2.45) is 0 Å². The van der Waals surface area contributed by atoms with Crippen molar-refractivity contribution in [1.29, 1.82) is 0 Å². The van der Waals surface area contributed by atoms with Crippen molar-refractivity contribution in [3.8, 4) is 0 Å². The summed E-state index contributed by atoms with van der Waals surface area (Å²) < 4.78 is 2.21. The van der Waals surface area contributed by atoms with Crippen LogP contribution in [0.2, 0.25) is 0 Å². The Morgan fingerprint density at radius 2 is 2.00 bits per heavy atom. The van der Waals surface area contributed by atoms with Crippen LogP contribution in [0, 0.1) is 6.92 Å². The number of rotatable bonds is 4. The fourth-order valence-corrected chi connectivity index (χ4v) is 2.57. The third kappa shape index (κ3) is 2.43. The van der Waals surface area contributed by atoms with E-state index in [0.29, 0.717) is 12.1 Å². The van der Waals surface area contributed by atoms with E-state index in [-0.39, 0.29) is 0 Å². The zero-order chi connectivity index (χ0) is 11.5. The van der Waals surface area contributed by atoms with Gasteiger partial charge in [0, 0.05) is 12.1 Å². The third-order valence-electron chi connectivity index (χ3n) is 3.36. The normalized spacial score (nSPS) is 17.5. The largest absolute Gasteiger partial charge is 0.312 e. The molecule has 0 radical (unpaired) electrons. The van der Waals surface area contributed by atoms with E-state index in [1.54, 1.807) is 0 Å². The first kappa shape index (κ1) is 11.6. The molecule has 0 bridgehead atoms. The van der Waals surface area contributed by atoms with Crippen molar-refractivity contribution < 1.29 is 0 Å². The molecule has 0 amide bonds. The minimum Gasteiger partial charge on any atom is -0.312 e. The Labute approximate surface area is 97.5 Å². The number of hydrogen-bond acceptors (Lipinski definition) is 3. The van der Waals surface area contributed by atoms with Crippen molar-refractivity contribution in [1.82, 2.24) is 20.1 Å². The first-order valence-corrected chi connectivity index (χ1v) is 6.32. The zero-order valence-electron chi connectivity index (χ0n) is 10.5. The summed E-state index contributed by atoms with van der Waals surface area (Å²) in [6.45, 7) is 7.22. The van der Waals surface area contributed by atoms with Gasteiger partial charge in [0.25, 0.3) is 0 Å². The van der Waals surface area contributed by atoms with Gasteiger partial charge in [-0.15, -0.1) is 10.2 Å². The second-order valence-corrected chi connectivity index (χ2v) is 4.99. The molecule has 0 aromatic carbocycles. The number of nitrogens with one attached hydrogen (secondary N) is 1. The summed E-state index contributed by atoms with van der Waals surface area (Å²) in [6.07, 6.45) is 5.37. The molecule has 1 aliphatic rings. The summed E-state index contributed by atoms with van der Waals surface area (Å²) in [6, 6.07) is 1.13. The van der Waals surface area contributed by atoms with Gasteiger partial charge in [0.1, 0.15) is 11.6 Å². The third-order valence-corrected chi connectivity index (χ3v) is 3.36. The van der Waals surface area contributed by atoms with Crippen LogP contribution in [0.5, 0.6) is 0 Å². The van der Waals surface area contributed by atoms with Gasteiger partial charge in [-0.25, -0.2) is 0 Å². The molecule has 1 saturated carbocycles. The number of hydrogen-bond donors (Lipinski definition) is 1. The molecular weight excluding hydrogens is 200 g/mol. The van der Waals surface area contributed by atoms with Gasteiger partial charge in [-0.2, -0.15) is 0 Å². The molecule has 1 aromatic rings. The van der Waals surface area contributed by atoms with Crippen LogP contribution < -0.4 is 5.32 Å². The highest BCUT2D eigenvalue weighted by Gasteiger charge is 2.16. The standard InChI is InChI=1S/C12H22N4/c1-9(2)16-10(3)14-15-12(16)8-13-11-6-4-5-7-11/h9,11,13H,4-8H2,1-3H3. The van der Waals surface area contributed by atoms with Crippen LogP contribution in [0.3, 0.4) is 0 Å². The molecule has 1 aliphatic carbocycles. The summed E-state index contributed by atoms with van der Waals surface area (Å²) in [7, 11) is 0. The Balaban J connectivity index is 1.97. The zero-order valence-corrected chi connectivity index (χ0v) is 10.5. The first-order valence-electron chi connectivity index (χ1n) is 6.32. The molecule has 90 valence electrons. The number of aryl methyl sites for hydroxylation is 1. The molecule has 0 spiro atoms. The van der Waals surface area contributed by atoms with Crippen molar-refractivity contribution in [2.75, 3.05) is 0 Å². The van der Waals surface area contributed by atoms with Gasteiger partial charge in [-0.1, -0.05) is 12.8 Å². The summed E-state index contributed by atoms with van der Waals surface area (Å²) >= 11 is 0. The Morgan fingerprint density at radius 1 is 1.31 bits per heavy atom. The number of nitrogens with zero attached hydrogens (tertiary/aromatic N) is 3. The summed E-state index contributed by atoms with van der Waals surface area (Å²) in [4.78, 5) is 0. The Bertz CT molecular complexity index is 337. The highest BCUT2D eigenvalue weighted by atomic mass is 15.3. The monoisotopic (exact) mass is 222 g/mol. The van der Waals surface area contributed by atoms with Gasteiger partial charge in [0.15, 0.2) is 0 Å². The van der Waals surface area contributed by atoms with E-state index in [4.69, 9.17) is 0 Å². The predicted octanol–water partition coefficient (Wildman–Crippen LogP) is 2.20. The van der Waals surface area contributed by atoms with Gasteiger partial charge >= 0.3 is 0 Å². The molecule has 4 heteroatoms. The second-order valence-electron chi connectivity index (χ2n) is 4.99. The smallest absolute Gasteiger partial charge is 0.147 e. The van der Waals surface area contributed by atoms with Crippen LogP contribution in [-0.4, -0.2) is 20.8 Å². The van der Waals surface area contributed by atoms with Crippen LogP contribution in [0.1, 0.15) is 57.2 Å². The SMILES string of the molecule is Cc1nnc(CNC2CCCC2)n1C(C)C. The van der Waals surface area contributed by atoms with E-state index in [1.807, 2.05) is 6.92 Å². The minimum atomic E-state index is 0.440. The van der Waals surface area contributed by atoms with Crippen LogP contribution in [-0.2, 0) is 6.54 Å². The maximum absolute atomic E-state index is 4.25. The Kier molecular flexibility index (Phi) is 3.59. The Hall–Kier alpha value is -0.900. The van der Waals surface area contributed by atoms with Crippen LogP contribution in [0.15, 0.2) is 0 Å². The molecule has 1 aromatic heterocycles. The van der Waals surface area contributed by atoms with Crippen molar-refractivity contribution in [3.63, 3.8) is 0 Å². The van der Waals surface area contributed by atoms with E-state index in [0.717, 1.165) is 18.2 Å². The predicted molar refractivity (Wildman–Crippen MR) is 64.2 cm³/mol. The lowest BCUT2D eigenvalue weighted by atomic mass is 10.2. The lowest BCUT2D eigenvalue weighted by molar-refractivity contribution is 0.481. The Morgan fingerprint density at radius 3 is 2.62 bits per heavy atom. The highest BCUT2D eigenvalue weighted by Crippen LogP contribution is 2.18. The lowest BCUT2D eigenvalue weighted by Gasteiger charge is -2.15. The van der Waals surface area contributed by atoms with E-state index in [9.17, 15) is 0 Å². The molecule has 1 N–H and O–H groups in total. The summed E-state index contributed by atoms with van der Waals surface area (Å²) in [5.74, 6) is 2.08. The first-order chi connectivity index (χ1) is 7.68. The van der Waals surface area contributed by atoms with Gasteiger partial charge in [0.05, 0.1) is 6.54 Å². The van der Waals surface area contributed by atoms with Crippen molar-refractivity contribution in [2.45, 2.75) is 65.1 Å². The molecular formula is C12H22N4. The van der Waals surface area contributed by atoms with Crippen LogP contribution >= 0.6 is 0 Å². The molecule has 2 rings (SSSR count). The molecule has 1 heterocycles. The molecule has 0 unspecified atom stereocenters. The molecule has 1 fully saturated rings. The van der Waals surface area contributed by atoms with Crippen LogP contribution in [0.25, 0.3) is 0 Å². The van der Waals surface area contributed by atoms with Crippen molar-refractivity contribution >= 4 is 0 Å². The fourth-order valence-electron chi connectivity index (χ4n) is 2.57. The topological polar surface area (TPSA) is 42.7 Å². The van der Waals surface area contributed by atoms with Gasteiger partial charge in [-0.3, -0.25) is 0 Å². The van der Waals surface area contributed by atoms with Crippen molar-refractivity contribution in [3.05, 3.63) is 11.6 Å². The molecule has 0 atom stereocenters. The number of aromatic nitrogens is 3. The maximum atomic E-state index is 4.25. The summed E-state index contributed by atoms with van der Waals surface area (Å²) in [5, 5.41) is 12.0. The minimum absolute atomic E-state index is 0.440. The van der Waals surface area contributed by atoms with Gasteiger partial charge < -0.3 is 9.88 Å². The lowest BCUT2D eigenvalue weighted by Crippen LogP contribution is -2.27. The van der Waals surface area contributed by atoms with E-state index >= 15 is 0 Å². The van der Waals surface area contributed by atoms with Gasteiger partial charge in [0.2, 0.25) is 0 Å². The quantitative estimate of drug-likeness (QED) is 0.849. The van der Waals surface area contributed by atoms with Crippen LogP contribution in [0.4, 0.5) is 0 Å². The molecule has 16 heavy (non-hydrogen) atoms. The molecule has 4 nitrogen and oxygen atoms in total. The summed E-state index contributed by atoms with van der Waals surface area (Å²) in [5.41, 5.74) is 0. The van der Waals surface area contributed by atoms with E-state index in [1.165, 1.54) is 25.7 Å². The maximum Gasteiger partial charge on any atom is 0.147 e. The molecule has 0 aliphatic heterocycles. The average Bonchev–Trinajstić information content (AvgIpc) is 2.83. The van der Waals surface area contributed by atoms with Gasteiger partial charge in [-0.05, 0) is 33.6 Å². The van der Waals surface area contributed by atoms with E-state index in [2.05, 4.69) is 33.9 Å². The average molecular weight is 222 g/mol. The second kappa shape index (κ2) is 4.95. The van der Waals surface area contributed by atoms with E-state index < -0.39 is 0 Å². The highest BCUT2D eigenvalue weighted by molar-refractivity contribution is 4.96.